The van der Waals surface area contributed by atoms with Crippen molar-refractivity contribution in [2.75, 3.05) is 5.88 Å². The minimum atomic E-state index is -0.637. The van der Waals surface area contributed by atoms with E-state index in [-0.39, 0.29) is 5.88 Å². The van der Waals surface area contributed by atoms with Gasteiger partial charge in [0.1, 0.15) is 5.88 Å². The normalized spacial score (nSPS) is 15.5. The molecule has 1 fully saturated rings. The van der Waals surface area contributed by atoms with Crippen molar-refractivity contribution >= 4 is 45.9 Å². The quantitative estimate of drug-likeness (QED) is 0.377. The maximum absolute atomic E-state index is 12.6. The molecule has 3 rings (SSSR count). The fourth-order valence-electron chi connectivity index (χ4n) is 3.58. The van der Waals surface area contributed by atoms with E-state index >= 15 is 0 Å². The average molecular weight is 382 g/mol. The van der Waals surface area contributed by atoms with E-state index in [2.05, 4.69) is 0 Å². The Morgan fingerprint density at radius 1 is 1.24 bits per heavy atom. The Labute approximate surface area is 156 Å². The summed E-state index contributed by atoms with van der Waals surface area (Å²) >= 11 is 11.9. The van der Waals surface area contributed by atoms with E-state index in [1.54, 1.807) is 18.3 Å². The summed E-state index contributed by atoms with van der Waals surface area (Å²) in [5.74, 6) is 4.65. The van der Waals surface area contributed by atoms with Crippen LogP contribution in [0.5, 0.6) is 0 Å². The molecule has 1 saturated carbocycles. The number of rotatable bonds is 4. The van der Waals surface area contributed by atoms with Crippen molar-refractivity contribution in [1.82, 2.24) is 9.58 Å². The lowest BCUT2D eigenvalue weighted by atomic mass is 9.89. The second-order valence-electron chi connectivity index (χ2n) is 6.54. The summed E-state index contributed by atoms with van der Waals surface area (Å²) in [6.45, 7) is 0.807. The van der Waals surface area contributed by atoms with Gasteiger partial charge < -0.3 is 4.57 Å². The number of carbonyl (C=O) groups excluding carboxylic acids is 2. The molecule has 0 saturated heterocycles. The van der Waals surface area contributed by atoms with Gasteiger partial charge in [-0.3, -0.25) is 9.59 Å². The average Bonchev–Trinajstić information content (AvgIpc) is 3.00. The molecule has 0 radical (unpaired) electrons. The van der Waals surface area contributed by atoms with Crippen molar-refractivity contribution in [2.24, 2.45) is 11.8 Å². The van der Waals surface area contributed by atoms with Gasteiger partial charge in [0.15, 0.2) is 0 Å². The number of amides is 2. The number of carbonyl (C=O) groups is 2. The number of benzene rings is 1. The molecular weight excluding hydrogens is 361 g/mol. The molecule has 134 valence electrons. The van der Waals surface area contributed by atoms with E-state index < -0.39 is 11.8 Å². The molecule has 1 aliphatic rings. The number of alkyl halides is 1. The summed E-state index contributed by atoms with van der Waals surface area (Å²) in [5, 5.41) is 1.86. The number of halogens is 2. The van der Waals surface area contributed by atoms with Gasteiger partial charge in [-0.2, -0.15) is 0 Å². The van der Waals surface area contributed by atoms with E-state index in [0.717, 1.165) is 12.1 Å². The predicted octanol–water partition coefficient (Wildman–Crippen LogP) is 3.96. The van der Waals surface area contributed by atoms with Crippen LogP contribution in [0, 0.1) is 5.92 Å². The number of nitrogens with zero attached hydrogens (tertiary/aromatic N) is 2. The third kappa shape index (κ3) is 3.68. The lowest BCUT2D eigenvalue weighted by Crippen LogP contribution is -2.43. The lowest BCUT2D eigenvalue weighted by molar-refractivity contribution is -0.126. The molecule has 1 heterocycles. The summed E-state index contributed by atoms with van der Waals surface area (Å²) in [7, 11) is 0. The van der Waals surface area contributed by atoms with Gasteiger partial charge in [0.2, 0.25) is 0 Å². The number of fused-ring (bicyclic) bond motifs is 1. The van der Waals surface area contributed by atoms with Gasteiger partial charge in [-0.15, -0.1) is 11.6 Å². The van der Waals surface area contributed by atoms with Crippen LogP contribution in [0.3, 0.4) is 0 Å². The molecule has 2 aromatic rings. The van der Waals surface area contributed by atoms with Crippen molar-refractivity contribution in [3.8, 4) is 0 Å². The smallest absolute Gasteiger partial charge is 0.277 e. The molecule has 0 atom stereocenters. The first-order valence-corrected chi connectivity index (χ1v) is 9.39. The van der Waals surface area contributed by atoms with Gasteiger partial charge in [0.25, 0.3) is 11.8 Å². The Balaban J connectivity index is 2.00. The van der Waals surface area contributed by atoms with Gasteiger partial charge in [-0.1, -0.05) is 43.0 Å². The molecule has 5 nitrogen and oxygen atoms in total. The van der Waals surface area contributed by atoms with Crippen LogP contribution in [0.4, 0.5) is 0 Å². The van der Waals surface area contributed by atoms with E-state index in [4.69, 9.17) is 29.0 Å². The fourth-order valence-corrected chi connectivity index (χ4v) is 4.00. The molecule has 7 heteroatoms. The summed E-state index contributed by atoms with van der Waals surface area (Å²) in [5.41, 5.74) is 1.18. The number of hydrazine groups is 1. The van der Waals surface area contributed by atoms with Crippen molar-refractivity contribution in [3.05, 3.63) is 35.0 Å². The first kappa shape index (κ1) is 18.2. The largest absolute Gasteiger partial charge is 0.345 e. The summed E-state index contributed by atoms with van der Waals surface area (Å²) in [6.07, 6.45) is 7.89. The molecular formula is C18H21Cl2N3O2. The lowest BCUT2D eigenvalue weighted by Gasteiger charge is -2.22. The van der Waals surface area contributed by atoms with Crippen LogP contribution in [0.15, 0.2) is 24.4 Å². The van der Waals surface area contributed by atoms with Crippen LogP contribution < -0.4 is 5.84 Å². The second kappa shape index (κ2) is 7.77. The molecule has 1 aromatic heterocycles. The van der Waals surface area contributed by atoms with Crippen molar-refractivity contribution in [3.63, 3.8) is 0 Å². The first-order chi connectivity index (χ1) is 12.0. The highest BCUT2D eigenvalue weighted by Crippen LogP contribution is 2.32. The summed E-state index contributed by atoms with van der Waals surface area (Å²) < 4.78 is 2.03. The zero-order valence-corrected chi connectivity index (χ0v) is 15.4. The third-order valence-electron chi connectivity index (χ3n) is 4.86. The molecule has 0 unspecified atom stereocenters. The van der Waals surface area contributed by atoms with E-state index in [9.17, 15) is 9.59 Å². The van der Waals surface area contributed by atoms with Crippen LogP contribution in [-0.4, -0.2) is 27.3 Å². The number of nitrogens with two attached hydrogens (primary N) is 1. The highest BCUT2D eigenvalue weighted by Gasteiger charge is 2.25. The Bertz CT molecular complexity index is 797. The molecule has 1 aliphatic carbocycles. The van der Waals surface area contributed by atoms with E-state index in [1.165, 1.54) is 32.1 Å². The summed E-state index contributed by atoms with van der Waals surface area (Å²) in [4.78, 5) is 24.3. The van der Waals surface area contributed by atoms with Crippen LogP contribution in [-0.2, 0) is 11.3 Å². The zero-order valence-electron chi connectivity index (χ0n) is 13.9. The number of hydrogen-bond acceptors (Lipinski definition) is 3. The third-order valence-corrected chi connectivity index (χ3v) is 5.39. The van der Waals surface area contributed by atoms with Gasteiger partial charge in [0, 0.05) is 18.1 Å². The minimum absolute atomic E-state index is 0.344. The van der Waals surface area contributed by atoms with Crippen molar-refractivity contribution < 1.29 is 9.59 Å². The molecule has 0 aliphatic heterocycles. The van der Waals surface area contributed by atoms with E-state index in [0.29, 0.717) is 26.9 Å². The first-order valence-electron chi connectivity index (χ1n) is 8.48. The molecule has 2 amide bonds. The minimum Gasteiger partial charge on any atom is -0.345 e. The highest BCUT2D eigenvalue weighted by atomic mass is 35.5. The highest BCUT2D eigenvalue weighted by molar-refractivity contribution is 6.36. The Hall–Kier alpha value is -1.56. The maximum Gasteiger partial charge on any atom is 0.277 e. The molecule has 0 bridgehead atoms. The van der Waals surface area contributed by atoms with Crippen LogP contribution in [0.25, 0.3) is 10.9 Å². The number of aromatic nitrogens is 1. The van der Waals surface area contributed by atoms with Crippen LogP contribution in [0.1, 0.15) is 42.5 Å². The SMILES string of the molecule is NN(C(=O)CCl)C(=O)c1cn(CC2CCCCC2)c2c(Cl)cccc12. The van der Waals surface area contributed by atoms with Gasteiger partial charge in [-0.25, -0.2) is 10.9 Å². The molecule has 0 spiro atoms. The Morgan fingerprint density at radius 2 is 1.96 bits per heavy atom. The topological polar surface area (TPSA) is 68.3 Å². The Morgan fingerprint density at radius 3 is 2.64 bits per heavy atom. The fraction of sp³-hybridized carbons (Fsp3) is 0.444. The zero-order chi connectivity index (χ0) is 18.0. The molecule has 1 aromatic carbocycles. The standard InChI is InChI=1S/C18H21Cl2N3O2/c19-9-16(24)23(21)18(25)14-11-22(10-12-5-2-1-3-6-12)17-13(14)7-4-8-15(17)20/h4,7-8,11-12H,1-3,5-6,9-10,21H2. The van der Waals surface area contributed by atoms with Crippen LogP contribution >= 0.6 is 23.2 Å². The van der Waals surface area contributed by atoms with Crippen LogP contribution in [0.2, 0.25) is 5.02 Å². The molecule has 2 N–H and O–H groups in total. The Kier molecular flexibility index (Phi) is 5.67. The number of hydrogen-bond donors (Lipinski definition) is 1. The van der Waals surface area contributed by atoms with Gasteiger partial charge >= 0.3 is 0 Å². The summed E-state index contributed by atoms with van der Waals surface area (Å²) in [6, 6.07) is 5.42. The van der Waals surface area contributed by atoms with Crippen molar-refractivity contribution in [2.45, 2.75) is 38.6 Å². The van der Waals surface area contributed by atoms with Gasteiger partial charge in [-0.05, 0) is 24.8 Å². The van der Waals surface area contributed by atoms with Crippen molar-refractivity contribution in [1.29, 1.82) is 0 Å². The molecule has 25 heavy (non-hydrogen) atoms. The maximum atomic E-state index is 12.6. The number of imide groups is 1. The second-order valence-corrected chi connectivity index (χ2v) is 7.21. The van der Waals surface area contributed by atoms with Gasteiger partial charge in [0.05, 0.1) is 16.1 Å². The predicted molar refractivity (Wildman–Crippen MR) is 99.6 cm³/mol. The monoisotopic (exact) mass is 381 g/mol. The number of para-hydroxylation sites is 1. The van der Waals surface area contributed by atoms with E-state index in [1.807, 2.05) is 10.6 Å².